The van der Waals surface area contributed by atoms with Crippen LogP contribution in [-0.4, -0.2) is 41.4 Å². The molecule has 0 aliphatic carbocycles. The van der Waals surface area contributed by atoms with Gasteiger partial charge >= 0.3 is 0 Å². The summed E-state index contributed by atoms with van der Waals surface area (Å²) in [5, 5.41) is -0.150. The minimum absolute atomic E-state index is 0.150. The van der Waals surface area contributed by atoms with Crippen LogP contribution in [0.5, 0.6) is 0 Å². The van der Waals surface area contributed by atoms with Crippen LogP contribution in [0.4, 0.5) is 14.5 Å². The van der Waals surface area contributed by atoms with Gasteiger partial charge in [-0.25, -0.2) is 13.8 Å². The summed E-state index contributed by atoms with van der Waals surface area (Å²) >= 11 is 5.86. The van der Waals surface area contributed by atoms with E-state index in [1.54, 1.807) is 0 Å². The fraction of sp³-hybridized carbons (Fsp3) is 0.190. The first-order chi connectivity index (χ1) is 14.0. The van der Waals surface area contributed by atoms with Gasteiger partial charge in [0, 0.05) is 36.3 Å². The number of nitrogens with two attached hydrogens (primary N) is 1. The van der Waals surface area contributed by atoms with Crippen molar-refractivity contribution in [3.8, 4) is 0 Å². The van der Waals surface area contributed by atoms with Gasteiger partial charge in [-0.3, -0.25) is 9.98 Å². The second-order valence-electron chi connectivity index (χ2n) is 7.15. The van der Waals surface area contributed by atoms with Crippen LogP contribution in [0.25, 0.3) is 16.6 Å². The van der Waals surface area contributed by atoms with Gasteiger partial charge in [0.15, 0.2) is 0 Å². The van der Waals surface area contributed by atoms with E-state index >= 15 is 0 Å². The molecule has 8 heteroatoms. The molecule has 5 nitrogen and oxygen atoms in total. The zero-order valence-corrected chi connectivity index (χ0v) is 16.0. The maximum Gasteiger partial charge on any atom is 0.144 e. The zero-order chi connectivity index (χ0) is 20.1. The molecule has 146 valence electrons. The first kappa shape index (κ1) is 18.1. The number of hydrogen-bond donors (Lipinski definition) is 1. The zero-order valence-electron chi connectivity index (χ0n) is 15.2. The van der Waals surface area contributed by atoms with Gasteiger partial charge in [-0.15, -0.1) is 0 Å². The summed E-state index contributed by atoms with van der Waals surface area (Å²) in [6, 6.07) is 7.89. The minimum atomic E-state index is -0.801. The number of anilines is 1. The molecule has 29 heavy (non-hydrogen) atoms. The summed E-state index contributed by atoms with van der Waals surface area (Å²) in [7, 11) is 0. The Balaban J connectivity index is 1.53. The van der Waals surface area contributed by atoms with Crippen LogP contribution in [0.15, 0.2) is 47.6 Å². The quantitative estimate of drug-likeness (QED) is 0.669. The van der Waals surface area contributed by atoms with Crippen LogP contribution >= 0.6 is 11.6 Å². The second kappa shape index (κ2) is 6.86. The lowest BCUT2D eigenvalue weighted by atomic mass is 9.99. The van der Waals surface area contributed by atoms with E-state index < -0.39 is 11.6 Å². The molecule has 0 atom stereocenters. The summed E-state index contributed by atoms with van der Waals surface area (Å²) in [6.45, 7) is 1.97. The predicted octanol–water partition coefficient (Wildman–Crippen LogP) is 3.60. The Hall–Kier alpha value is -2.90. The SMILES string of the molecule is NC1CN(c2cnc3ccc(C4=CCN=C4c4cc(Cl)c(F)cc4F)nc3c2)C1. The molecule has 4 heterocycles. The third-order valence-electron chi connectivity index (χ3n) is 5.14. The normalized spacial score (nSPS) is 16.8. The number of halogens is 3. The van der Waals surface area contributed by atoms with Gasteiger partial charge in [-0.05, 0) is 24.3 Å². The van der Waals surface area contributed by atoms with E-state index in [2.05, 4.69) is 14.9 Å². The molecule has 2 aliphatic heterocycles. The number of allylic oxidation sites excluding steroid dienone is 1. The van der Waals surface area contributed by atoms with Crippen LogP contribution in [0.1, 0.15) is 11.3 Å². The Labute approximate surface area is 170 Å². The van der Waals surface area contributed by atoms with Crippen molar-refractivity contribution in [2.75, 3.05) is 24.5 Å². The Morgan fingerprint density at radius 2 is 1.90 bits per heavy atom. The molecule has 2 aliphatic rings. The number of rotatable bonds is 3. The molecule has 0 unspecified atom stereocenters. The van der Waals surface area contributed by atoms with Gasteiger partial charge in [0.05, 0.1) is 45.9 Å². The van der Waals surface area contributed by atoms with Crippen LogP contribution < -0.4 is 10.6 Å². The van der Waals surface area contributed by atoms with Gasteiger partial charge in [-0.1, -0.05) is 17.7 Å². The predicted molar refractivity (Wildman–Crippen MR) is 110 cm³/mol. The standard InChI is InChI=1S/C21H16ClF2N5/c22-15-6-14(16(23)7-17(15)24)21-13(3-4-26-21)18-1-2-19-20(28-18)5-12(8-27-19)29-9-11(25)10-29/h1-3,5-8,11H,4,9-10,25H2. The minimum Gasteiger partial charge on any atom is -0.367 e. The number of benzene rings is 1. The van der Waals surface area contributed by atoms with Crippen LogP contribution in [0, 0.1) is 11.6 Å². The number of aromatic nitrogens is 2. The number of hydrogen-bond acceptors (Lipinski definition) is 5. The van der Waals surface area contributed by atoms with Crippen molar-refractivity contribution >= 4 is 39.6 Å². The smallest absolute Gasteiger partial charge is 0.144 e. The van der Waals surface area contributed by atoms with E-state index in [4.69, 9.17) is 22.3 Å². The Bertz CT molecular complexity index is 1200. The van der Waals surface area contributed by atoms with Crippen LogP contribution in [0.2, 0.25) is 5.02 Å². The lowest BCUT2D eigenvalue weighted by Gasteiger charge is -2.38. The van der Waals surface area contributed by atoms with Crippen molar-refractivity contribution in [1.29, 1.82) is 0 Å². The average molecular weight is 412 g/mol. The average Bonchev–Trinajstić information content (AvgIpc) is 3.17. The van der Waals surface area contributed by atoms with E-state index in [0.717, 1.165) is 35.9 Å². The van der Waals surface area contributed by atoms with Gasteiger partial charge in [-0.2, -0.15) is 0 Å². The summed E-state index contributed by atoms with van der Waals surface area (Å²) in [4.78, 5) is 15.7. The van der Waals surface area contributed by atoms with Gasteiger partial charge in [0.2, 0.25) is 0 Å². The number of pyridine rings is 2. The third-order valence-corrected chi connectivity index (χ3v) is 5.43. The van der Waals surface area contributed by atoms with Crippen molar-refractivity contribution in [3.05, 3.63) is 70.5 Å². The summed E-state index contributed by atoms with van der Waals surface area (Å²) in [5.74, 6) is -1.51. The van der Waals surface area contributed by atoms with Crippen molar-refractivity contribution in [2.45, 2.75) is 6.04 Å². The first-order valence-corrected chi connectivity index (χ1v) is 9.55. The molecule has 2 N–H and O–H groups in total. The van der Waals surface area contributed by atoms with Crippen LogP contribution in [-0.2, 0) is 0 Å². The summed E-state index contributed by atoms with van der Waals surface area (Å²) < 4.78 is 27.9. The molecule has 0 spiro atoms. The third kappa shape index (κ3) is 3.16. The molecule has 0 amide bonds. The molecule has 1 aromatic carbocycles. The lowest BCUT2D eigenvalue weighted by Crippen LogP contribution is -2.55. The van der Waals surface area contributed by atoms with E-state index in [1.807, 2.05) is 30.5 Å². The molecule has 1 saturated heterocycles. The highest BCUT2D eigenvalue weighted by Gasteiger charge is 2.25. The van der Waals surface area contributed by atoms with E-state index in [9.17, 15) is 8.78 Å². The summed E-state index contributed by atoms with van der Waals surface area (Å²) in [5.41, 5.74) is 10.2. The highest BCUT2D eigenvalue weighted by atomic mass is 35.5. The Morgan fingerprint density at radius 1 is 1.07 bits per heavy atom. The first-order valence-electron chi connectivity index (χ1n) is 9.17. The van der Waals surface area contributed by atoms with Gasteiger partial charge < -0.3 is 10.6 Å². The summed E-state index contributed by atoms with van der Waals surface area (Å²) in [6.07, 6.45) is 3.68. The van der Waals surface area contributed by atoms with Crippen molar-refractivity contribution < 1.29 is 8.78 Å². The molecule has 3 aromatic rings. The second-order valence-corrected chi connectivity index (χ2v) is 7.55. The van der Waals surface area contributed by atoms with Gasteiger partial charge in [0.25, 0.3) is 0 Å². The lowest BCUT2D eigenvalue weighted by molar-refractivity contribution is 0.519. The molecular weight excluding hydrogens is 396 g/mol. The van der Waals surface area contributed by atoms with Crippen LogP contribution in [0.3, 0.4) is 0 Å². The number of aliphatic imine (C=N–C) groups is 1. The Kier molecular flexibility index (Phi) is 4.29. The maximum atomic E-state index is 14.4. The monoisotopic (exact) mass is 411 g/mol. The molecule has 0 radical (unpaired) electrons. The number of fused-ring (bicyclic) bond motifs is 1. The van der Waals surface area contributed by atoms with E-state index in [-0.39, 0.29) is 16.6 Å². The molecule has 5 rings (SSSR count). The largest absolute Gasteiger partial charge is 0.367 e. The van der Waals surface area contributed by atoms with Gasteiger partial charge in [0.1, 0.15) is 11.6 Å². The van der Waals surface area contributed by atoms with Crippen molar-refractivity contribution in [3.63, 3.8) is 0 Å². The fourth-order valence-electron chi connectivity index (χ4n) is 3.61. The van der Waals surface area contributed by atoms with Crippen molar-refractivity contribution in [1.82, 2.24) is 9.97 Å². The van der Waals surface area contributed by atoms with Crippen molar-refractivity contribution in [2.24, 2.45) is 10.7 Å². The number of nitrogens with zero attached hydrogens (tertiary/aromatic N) is 4. The topological polar surface area (TPSA) is 67.4 Å². The highest BCUT2D eigenvalue weighted by Crippen LogP contribution is 2.30. The maximum absolute atomic E-state index is 14.4. The molecule has 0 bridgehead atoms. The Morgan fingerprint density at radius 3 is 2.69 bits per heavy atom. The van der Waals surface area contributed by atoms with E-state index in [1.165, 1.54) is 6.07 Å². The van der Waals surface area contributed by atoms with E-state index in [0.29, 0.717) is 23.5 Å². The molecule has 2 aromatic heterocycles. The molecular formula is C21H16ClF2N5. The molecule has 1 fully saturated rings. The fourth-order valence-corrected chi connectivity index (χ4v) is 3.78. The highest BCUT2D eigenvalue weighted by molar-refractivity contribution is 6.35. The molecule has 0 saturated carbocycles.